The predicted octanol–water partition coefficient (Wildman–Crippen LogP) is 2.54. The average molecular weight is 282 g/mol. The van der Waals surface area contributed by atoms with E-state index in [1.165, 1.54) is 18.2 Å². The molecule has 0 spiro atoms. The number of aromatic nitrogens is 1. The number of nitrogens with zero attached hydrogens (tertiary/aromatic N) is 1. The molecule has 94 valence electrons. The molecule has 1 N–H and O–H groups in total. The molecule has 1 heterocycles. The average Bonchev–Trinajstić information content (AvgIpc) is 2.85. The van der Waals surface area contributed by atoms with Gasteiger partial charge >= 0.3 is 0 Å². The van der Waals surface area contributed by atoms with Crippen LogP contribution >= 0.6 is 24.0 Å². The van der Waals surface area contributed by atoms with Gasteiger partial charge in [0.1, 0.15) is 5.82 Å². The molecule has 0 aliphatic rings. The maximum atomic E-state index is 13.0. The van der Waals surface area contributed by atoms with E-state index in [4.69, 9.17) is 0 Å². The molecule has 0 fully saturated rings. The van der Waals surface area contributed by atoms with E-state index in [-0.39, 0.29) is 10.8 Å². The lowest BCUT2D eigenvalue weighted by atomic mass is 10.2. The zero-order chi connectivity index (χ0) is 13.0. The van der Waals surface area contributed by atoms with Gasteiger partial charge in [-0.15, -0.1) is 24.0 Å². The van der Waals surface area contributed by atoms with Gasteiger partial charge in [-0.05, 0) is 18.2 Å². The van der Waals surface area contributed by atoms with E-state index in [0.717, 1.165) is 5.01 Å². The van der Waals surface area contributed by atoms with Crippen molar-refractivity contribution < 1.29 is 9.18 Å². The Labute approximate surface area is 113 Å². The van der Waals surface area contributed by atoms with Crippen molar-refractivity contribution in [1.29, 1.82) is 0 Å². The van der Waals surface area contributed by atoms with Crippen molar-refractivity contribution in [2.75, 3.05) is 6.54 Å². The van der Waals surface area contributed by atoms with Crippen LogP contribution in [0.3, 0.4) is 0 Å². The summed E-state index contributed by atoms with van der Waals surface area (Å²) < 4.78 is 13.0. The van der Waals surface area contributed by atoms with Gasteiger partial charge in [-0.3, -0.25) is 4.79 Å². The fourth-order valence-electron chi connectivity index (χ4n) is 1.42. The summed E-state index contributed by atoms with van der Waals surface area (Å²) in [6.45, 7) is 0.506. The third-order valence-corrected chi connectivity index (χ3v) is 3.50. The number of thiol groups is 1. The van der Waals surface area contributed by atoms with E-state index in [0.29, 0.717) is 18.5 Å². The quantitative estimate of drug-likeness (QED) is 0.846. The second-order valence-electron chi connectivity index (χ2n) is 3.60. The molecule has 1 aromatic heterocycles. The number of amides is 1. The molecule has 0 atom stereocenters. The van der Waals surface area contributed by atoms with Crippen LogP contribution in [0.5, 0.6) is 0 Å². The first-order chi connectivity index (χ1) is 8.66. The Morgan fingerprint density at radius 2 is 2.33 bits per heavy atom. The third kappa shape index (κ3) is 3.30. The number of hydrogen-bond acceptors (Lipinski definition) is 4. The molecule has 0 aliphatic heterocycles. The van der Waals surface area contributed by atoms with Gasteiger partial charge in [0.2, 0.25) is 0 Å². The zero-order valence-corrected chi connectivity index (χ0v) is 11.1. The maximum Gasteiger partial charge on any atom is 0.251 e. The summed E-state index contributed by atoms with van der Waals surface area (Å²) >= 11 is 5.49. The van der Waals surface area contributed by atoms with Crippen LogP contribution in [0, 0.1) is 5.82 Å². The molecule has 0 bridgehead atoms. The SMILES string of the molecule is O=C(NCCc1nccs1)c1ccc(F)c(S)c1. The van der Waals surface area contributed by atoms with Gasteiger partial charge in [0.05, 0.1) is 5.01 Å². The van der Waals surface area contributed by atoms with Crippen LogP contribution in [-0.4, -0.2) is 17.4 Å². The van der Waals surface area contributed by atoms with E-state index in [1.54, 1.807) is 17.5 Å². The van der Waals surface area contributed by atoms with Crippen LogP contribution in [0.4, 0.5) is 4.39 Å². The summed E-state index contributed by atoms with van der Waals surface area (Å²) in [5.74, 6) is -0.667. The van der Waals surface area contributed by atoms with Crippen molar-refractivity contribution in [2.24, 2.45) is 0 Å². The van der Waals surface area contributed by atoms with Crippen molar-refractivity contribution in [2.45, 2.75) is 11.3 Å². The Kier molecular flexibility index (Phi) is 4.33. The Morgan fingerprint density at radius 1 is 1.50 bits per heavy atom. The van der Waals surface area contributed by atoms with Gasteiger partial charge in [-0.2, -0.15) is 0 Å². The van der Waals surface area contributed by atoms with E-state index in [2.05, 4.69) is 22.9 Å². The number of halogens is 1. The third-order valence-electron chi connectivity index (χ3n) is 2.32. The molecule has 3 nitrogen and oxygen atoms in total. The summed E-state index contributed by atoms with van der Waals surface area (Å²) in [6.07, 6.45) is 2.42. The van der Waals surface area contributed by atoms with E-state index >= 15 is 0 Å². The van der Waals surface area contributed by atoms with E-state index in [1.807, 2.05) is 5.38 Å². The molecular formula is C12H11FN2OS2. The number of hydrogen-bond donors (Lipinski definition) is 2. The second kappa shape index (κ2) is 5.97. The van der Waals surface area contributed by atoms with Crippen molar-refractivity contribution in [3.8, 4) is 0 Å². The van der Waals surface area contributed by atoms with E-state index < -0.39 is 5.82 Å². The molecule has 2 aromatic rings. The van der Waals surface area contributed by atoms with Gasteiger partial charge in [-0.25, -0.2) is 9.37 Å². The largest absolute Gasteiger partial charge is 0.352 e. The number of nitrogens with one attached hydrogen (secondary N) is 1. The standard InChI is InChI=1S/C12H11FN2OS2/c13-9-2-1-8(7-10(9)17)12(16)15-4-3-11-14-5-6-18-11/h1-2,5-7,17H,3-4H2,(H,15,16). The Bertz CT molecular complexity index is 543. The van der Waals surface area contributed by atoms with Gasteiger partial charge in [0, 0.05) is 35.0 Å². The fraction of sp³-hybridized carbons (Fsp3) is 0.167. The summed E-state index contributed by atoms with van der Waals surface area (Å²) in [5.41, 5.74) is 0.403. The van der Waals surface area contributed by atoms with Crippen LogP contribution in [-0.2, 0) is 6.42 Å². The summed E-state index contributed by atoms with van der Waals surface area (Å²) in [4.78, 5) is 16.0. The number of benzene rings is 1. The lowest BCUT2D eigenvalue weighted by Crippen LogP contribution is -2.25. The molecular weight excluding hydrogens is 271 g/mol. The van der Waals surface area contributed by atoms with Crippen molar-refractivity contribution in [3.63, 3.8) is 0 Å². The first kappa shape index (κ1) is 13.0. The van der Waals surface area contributed by atoms with E-state index in [9.17, 15) is 9.18 Å². The molecule has 6 heteroatoms. The van der Waals surface area contributed by atoms with Gasteiger partial charge in [-0.1, -0.05) is 0 Å². The predicted molar refractivity (Wildman–Crippen MR) is 71.8 cm³/mol. The van der Waals surface area contributed by atoms with Gasteiger partial charge < -0.3 is 5.32 Å². The number of carbonyl (C=O) groups excluding carboxylic acids is 1. The summed E-state index contributed by atoms with van der Waals surface area (Å²) in [7, 11) is 0. The minimum Gasteiger partial charge on any atom is -0.352 e. The Morgan fingerprint density at radius 3 is 3.00 bits per heavy atom. The summed E-state index contributed by atoms with van der Waals surface area (Å²) in [5, 5.41) is 5.62. The maximum absolute atomic E-state index is 13.0. The highest BCUT2D eigenvalue weighted by Gasteiger charge is 2.07. The van der Waals surface area contributed by atoms with Crippen molar-refractivity contribution in [3.05, 3.63) is 46.2 Å². The minimum atomic E-state index is -0.433. The molecule has 0 unspecified atom stereocenters. The molecule has 1 aromatic carbocycles. The lowest BCUT2D eigenvalue weighted by Gasteiger charge is -2.05. The van der Waals surface area contributed by atoms with Gasteiger partial charge in [0.25, 0.3) is 5.91 Å². The Balaban J connectivity index is 1.89. The van der Waals surface area contributed by atoms with Crippen LogP contribution in [0.2, 0.25) is 0 Å². The van der Waals surface area contributed by atoms with Crippen molar-refractivity contribution in [1.82, 2.24) is 10.3 Å². The normalized spacial score (nSPS) is 10.3. The smallest absolute Gasteiger partial charge is 0.251 e. The Hall–Kier alpha value is -1.40. The molecule has 1 amide bonds. The minimum absolute atomic E-state index is 0.169. The number of rotatable bonds is 4. The van der Waals surface area contributed by atoms with Crippen LogP contribution in [0.25, 0.3) is 0 Å². The van der Waals surface area contributed by atoms with Crippen LogP contribution < -0.4 is 5.32 Å². The topological polar surface area (TPSA) is 42.0 Å². The second-order valence-corrected chi connectivity index (χ2v) is 5.06. The molecule has 0 saturated heterocycles. The molecule has 0 aliphatic carbocycles. The molecule has 0 saturated carbocycles. The highest BCUT2D eigenvalue weighted by Crippen LogP contribution is 2.14. The number of thiazole rings is 1. The highest BCUT2D eigenvalue weighted by molar-refractivity contribution is 7.80. The van der Waals surface area contributed by atoms with Gasteiger partial charge in [0.15, 0.2) is 0 Å². The van der Waals surface area contributed by atoms with Crippen LogP contribution in [0.15, 0.2) is 34.7 Å². The number of carbonyl (C=O) groups is 1. The zero-order valence-electron chi connectivity index (χ0n) is 9.39. The fourth-order valence-corrected chi connectivity index (χ4v) is 2.25. The summed E-state index contributed by atoms with van der Waals surface area (Å²) in [6, 6.07) is 4.09. The first-order valence-electron chi connectivity index (χ1n) is 5.32. The monoisotopic (exact) mass is 282 g/mol. The molecule has 0 radical (unpaired) electrons. The van der Waals surface area contributed by atoms with Crippen molar-refractivity contribution >= 4 is 29.9 Å². The molecule has 2 rings (SSSR count). The lowest BCUT2D eigenvalue weighted by molar-refractivity contribution is 0.0954. The molecule has 18 heavy (non-hydrogen) atoms. The highest BCUT2D eigenvalue weighted by atomic mass is 32.1. The first-order valence-corrected chi connectivity index (χ1v) is 6.64. The van der Waals surface area contributed by atoms with Crippen LogP contribution in [0.1, 0.15) is 15.4 Å².